The smallest absolute Gasteiger partial charge is 0.215 e. The molecule has 0 aliphatic heterocycles. The van der Waals surface area contributed by atoms with Crippen molar-refractivity contribution in [2.75, 3.05) is 28.2 Å². The van der Waals surface area contributed by atoms with Gasteiger partial charge in [0.2, 0.25) is 11.9 Å². The zero-order valence-electron chi connectivity index (χ0n) is 17.8. The predicted octanol–water partition coefficient (Wildman–Crippen LogP) is 1.99. The van der Waals surface area contributed by atoms with Gasteiger partial charge < -0.3 is 21.3 Å². The maximum Gasteiger partial charge on any atom is 0.215 e. The first-order valence-electron chi connectivity index (χ1n) is 9.65. The Morgan fingerprint density at radius 1 is 0.667 bits per heavy atom. The van der Waals surface area contributed by atoms with E-state index < -0.39 is 0 Å². The number of rotatable bonds is 4. The molecule has 2 aromatic rings. The van der Waals surface area contributed by atoms with E-state index in [1.807, 2.05) is 64.9 Å². The summed E-state index contributed by atoms with van der Waals surface area (Å²) in [4.78, 5) is 3.43. The van der Waals surface area contributed by atoms with Crippen molar-refractivity contribution in [1.29, 1.82) is 0 Å². The van der Waals surface area contributed by atoms with E-state index in [1.165, 1.54) is 0 Å². The van der Waals surface area contributed by atoms with Crippen LogP contribution in [0.2, 0.25) is 0 Å². The zero-order chi connectivity index (χ0) is 21.7. The summed E-state index contributed by atoms with van der Waals surface area (Å²) in [6.45, 7) is 0. The SMILES string of the molecule is CN(C)C(N)=NN=CC1c2ccccc2C(C=NN=C(N)N(C)C)c2ccccc21. The van der Waals surface area contributed by atoms with Gasteiger partial charge in [0.1, 0.15) is 0 Å². The highest BCUT2D eigenvalue weighted by Crippen LogP contribution is 2.41. The second-order valence-electron chi connectivity index (χ2n) is 7.45. The van der Waals surface area contributed by atoms with E-state index >= 15 is 0 Å². The molecule has 8 heteroatoms. The minimum absolute atomic E-state index is 0.0314. The molecule has 1 aliphatic carbocycles. The normalized spacial score (nSPS) is 19.1. The Balaban J connectivity index is 2.04. The van der Waals surface area contributed by atoms with Gasteiger partial charge in [0.15, 0.2) is 0 Å². The van der Waals surface area contributed by atoms with Crippen LogP contribution < -0.4 is 11.5 Å². The minimum atomic E-state index is -0.0314. The highest BCUT2D eigenvalue weighted by Gasteiger charge is 2.30. The van der Waals surface area contributed by atoms with Crippen LogP contribution in [-0.4, -0.2) is 62.3 Å². The Morgan fingerprint density at radius 2 is 0.967 bits per heavy atom. The highest BCUT2D eigenvalue weighted by atomic mass is 15.3. The zero-order valence-corrected chi connectivity index (χ0v) is 17.8. The van der Waals surface area contributed by atoms with Crippen molar-refractivity contribution in [1.82, 2.24) is 9.80 Å². The molecule has 0 saturated heterocycles. The van der Waals surface area contributed by atoms with Gasteiger partial charge in [-0.05, 0) is 22.3 Å². The lowest BCUT2D eigenvalue weighted by atomic mass is 9.73. The summed E-state index contributed by atoms with van der Waals surface area (Å²) in [5.74, 6) is 0.641. The summed E-state index contributed by atoms with van der Waals surface area (Å²) in [5, 5.41) is 16.7. The molecule has 2 aromatic carbocycles. The van der Waals surface area contributed by atoms with Crippen LogP contribution >= 0.6 is 0 Å². The maximum atomic E-state index is 5.86. The van der Waals surface area contributed by atoms with E-state index in [0.717, 1.165) is 22.3 Å². The van der Waals surface area contributed by atoms with E-state index in [4.69, 9.17) is 11.5 Å². The van der Waals surface area contributed by atoms with Gasteiger partial charge in [-0.1, -0.05) is 48.5 Å². The van der Waals surface area contributed by atoms with Gasteiger partial charge in [0, 0.05) is 52.5 Å². The first kappa shape index (κ1) is 21.0. The monoisotopic (exact) mass is 404 g/mol. The van der Waals surface area contributed by atoms with Crippen molar-refractivity contribution in [3.8, 4) is 0 Å². The van der Waals surface area contributed by atoms with Gasteiger partial charge in [0.05, 0.1) is 0 Å². The van der Waals surface area contributed by atoms with Crippen LogP contribution in [0.3, 0.4) is 0 Å². The van der Waals surface area contributed by atoms with E-state index in [2.05, 4.69) is 44.7 Å². The van der Waals surface area contributed by atoms with Crippen LogP contribution in [0.15, 0.2) is 68.9 Å². The van der Waals surface area contributed by atoms with Gasteiger partial charge in [-0.3, -0.25) is 0 Å². The van der Waals surface area contributed by atoms with E-state index in [9.17, 15) is 0 Å². The molecule has 156 valence electrons. The molecule has 0 bridgehead atoms. The van der Waals surface area contributed by atoms with Gasteiger partial charge in [-0.15, -0.1) is 10.2 Å². The maximum absolute atomic E-state index is 5.86. The lowest BCUT2D eigenvalue weighted by Gasteiger charge is -2.30. The van der Waals surface area contributed by atoms with Crippen LogP contribution in [0.5, 0.6) is 0 Å². The van der Waals surface area contributed by atoms with Gasteiger partial charge >= 0.3 is 0 Å². The molecule has 4 N–H and O–H groups in total. The Kier molecular flexibility index (Phi) is 6.46. The van der Waals surface area contributed by atoms with Crippen LogP contribution in [0.25, 0.3) is 0 Å². The van der Waals surface area contributed by atoms with Crippen molar-refractivity contribution < 1.29 is 0 Å². The molecule has 0 unspecified atom stereocenters. The lowest BCUT2D eigenvalue weighted by molar-refractivity contribution is 0.611. The van der Waals surface area contributed by atoms with Crippen LogP contribution in [-0.2, 0) is 0 Å². The third-order valence-corrected chi connectivity index (χ3v) is 5.00. The van der Waals surface area contributed by atoms with Crippen molar-refractivity contribution in [3.05, 3.63) is 70.8 Å². The topological polar surface area (TPSA) is 108 Å². The minimum Gasteiger partial charge on any atom is -0.368 e. The third-order valence-electron chi connectivity index (χ3n) is 5.00. The van der Waals surface area contributed by atoms with Crippen LogP contribution in [0, 0.1) is 0 Å². The second-order valence-corrected chi connectivity index (χ2v) is 7.45. The molecule has 0 saturated carbocycles. The fraction of sp³-hybridized carbons (Fsp3) is 0.273. The fourth-order valence-corrected chi connectivity index (χ4v) is 3.31. The average molecular weight is 405 g/mol. The molecule has 0 radical (unpaired) electrons. The lowest BCUT2D eigenvalue weighted by Crippen LogP contribution is -2.30. The molecule has 0 amide bonds. The first-order chi connectivity index (χ1) is 14.4. The number of nitrogens with two attached hydrogens (primary N) is 2. The van der Waals surface area contributed by atoms with E-state index in [0.29, 0.717) is 11.9 Å². The van der Waals surface area contributed by atoms with E-state index in [-0.39, 0.29) is 11.8 Å². The van der Waals surface area contributed by atoms with Crippen molar-refractivity contribution in [2.45, 2.75) is 11.8 Å². The Labute approximate surface area is 177 Å². The molecule has 3 rings (SSSR count). The molecule has 0 heterocycles. The summed E-state index contributed by atoms with van der Waals surface area (Å²) in [6.07, 6.45) is 3.67. The van der Waals surface area contributed by atoms with Crippen LogP contribution in [0.1, 0.15) is 34.1 Å². The first-order valence-corrected chi connectivity index (χ1v) is 9.65. The molecule has 30 heavy (non-hydrogen) atoms. The molecular formula is C22H28N8. The van der Waals surface area contributed by atoms with Gasteiger partial charge in [-0.2, -0.15) is 10.2 Å². The molecule has 0 spiro atoms. The highest BCUT2D eigenvalue weighted by molar-refractivity contribution is 5.85. The average Bonchev–Trinajstić information content (AvgIpc) is 2.74. The van der Waals surface area contributed by atoms with Gasteiger partial charge in [0.25, 0.3) is 0 Å². The molecule has 0 fully saturated rings. The summed E-state index contributed by atoms with van der Waals surface area (Å²) in [5.41, 5.74) is 16.3. The summed E-state index contributed by atoms with van der Waals surface area (Å²) in [6, 6.07) is 16.6. The largest absolute Gasteiger partial charge is 0.368 e. The quantitative estimate of drug-likeness (QED) is 0.461. The third kappa shape index (κ3) is 4.48. The van der Waals surface area contributed by atoms with E-state index in [1.54, 1.807) is 9.80 Å². The number of hydrogen-bond donors (Lipinski definition) is 2. The predicted molar refractivity (Wildman–Crippen MR) is 124 cm³/mol. The van der Waals surface area contributed by atoms with Crippen molar-refractivity contribution in [2.24, 2.45) is 31.9 Å². The van der Waals surface area contributed by atoms with Crippen molar-refractivity contribution >= 4 is 24.3 Å². The molecule has 8 nitrogen and oxygen atoms in total. The van der Waals surface area contributed by atoms with Crippen LogP contribution in [0.4, 0.5) is 0 Å². The number of nitrogens with zero attached hydrogens (tertiary/aromatic N) is 6. The Hall–Kier alpha value is -3.68. The van der Waals surface area contributed by atoms with Crippen molar-refractivity contribution in [3.63, 3.8) is 0 Å². The number of guanidine groups is 2. The fourth-order valence-electron chi connectivity index (χ4n) is 3.31. The molecule has 0 atom stereocenters. The second kappa shape index (κ2) is 9.21. The Morgan fingerprint density at radius 3 is 1.23 bits per heavy atom. The molecule has 0 aromatic heterocycles. The Bertz CT molecular complexity index is 876. The number of fused-ring (bicyclic) bond motifs is 2. The molecular weight excluding hydrogens is 376 g/mol. The summed E-state index contributed by atoms with van der Waals surface area (Å²) < 4.78 is 0. The number of hydrogen-bond acceptors (Lipinski definition) is 4. The summed E-state index contributed by atoms with van der Waals surface area (Å²) in [7, 11) is 7.31. The standard InChI is InChI=1S/C22H28N8/c1-29(2)21(23)27-25-13-19-15-9-5-7-11-17(15)20(14-26-28-22(24)30(3)4)18-12-8-6-10-16(18)19/h5-14,19-20H,1-4H3,(H2,23,27)(H2,24,28). The molecule has 1 aliphatic rings. The summed E-state index contributed by atoms with van der Waals surface area (Å²) >= 11 is 0. The number of benzene rings is 2. The van der Waals surface area contributed by atoms with Gasteiger partial charge in [-0.25, -0.2) is 0 Å².